The van der Waals surface area contributed by atoms with Crippen molar-refractivity contribution in [2.45, 2.75) is 6.54 Å². The Hall–Kier alpha value is -0.390. The van der Waals surface area contributed by atoms with Gasteiger partial charge in [-0.15, -0.1) is 0 Å². The minimum Gasteiger partial charge on any atom is -0.380 e. The fourth-order valence-electron chi connectivity index (χ4n) is 1.54. The molecule has 0 aromatic heterocycles. The third-order valence-corrected chi connectivity index (χ3v) is 3.98. The first-order chi connectivity index (χ1) is 8.54. The van der Waals surface area contributed by atoms with Gasteiger partial charge in [0.15, 0.2) is 0 Å². The molecule has 0 aliphatic carbocycles. The summed E-state index contributed by atoms with van der Waals surface area (Å²) in [7, 11) is 0. The van der Waals surface area contributed by atoms with Crippen LogP contribution in [-0.4, -0.2) is 0 Å². The van der Waals surface area contributed by atoms with E-state index in [1.54, 1.807) is 0 Å². The van der Waals surface area contributed by atoms with Crippen LogP contribution in [0.15, 0.2) is 49.8 Å². The maximum atomic E-state index is 13.2. The fourth-order valence-corrected chi connectivity index (χ4v) is 2.80. The van der Waals surface area contributed by atoms with Crippen LogP contribution in [0.5, 0.6) is 0 Å². The van der Waals surface area contributed by atoms with Gasteiger partial charge in [-0.3, -0.25) is 0 Å². The van der Waals surface area contributed by atoms with E-state index in [1.807, 2.05) is 24.3 Å². The number of anilines is 1. The molecule has 5 heteroatoms. The maximum absolute atomic E-state index is 13.2. The second-order valence-electron chi connectivity index (χ2n) is 3.76. The zero-order chi connectivity index (χ0) is 13.1. The summed E-state index contributed by atoms with van der Waals surface area (Å²) < 4.78 is 15.9. The predicted octanol–water partition coefficient (Wildman–Crippen LogP) is 5.73. The van der Waals surface area contributed by atoms with Crippen LogP contribution in [0.3, 0.4) is 0 Å². The van der Waals surface area contributed by atoms with Gasteiger partial charge in [-0.05, 0) is 57.9 Å². The Balaban J connectivity index is 2.13. The molecule has 94 valence electrons. The van der Waals surface area contributed by atoms with Gasteiger partial charge in [-0.1, -0.05) is 31.9 Å². The van der Waals surface area contributed by atoms with Crippen molar-refractivity contribution < 1.29 is 4.39 Å². The van der Waals surface area contributed by atoms with E-state index in [9.17, 15) is 4.39 Å². The predicted molar refractivity (Wildman–Crippen MR) is 83.3 cm³/mol. The molecule has 0 bridgehead atoms. The Morgan fingerprint density at radius 1 is 0.944 bits per heavy atom. The highest BCUT2D eigenvalue weighted by atomic mass is 79.9. The lowest BCUT2D eigenvalue weighted by molar-refractivity contribution is 0.625. The Labute approximate surface area is 130 Å². The van der Waals surface area contributed by atoms with Gasteiger partial charge in [0, 0.05) is 25.7 Å². The van der Waals surface area contributed by atoms with Gasteiger partial charge < -0.3 is 5.32 Å². The first-order valence-corrected chi connectivity index (χ1v) is 7.56. The van der Waals surface area contributed by atoms with Crippen molar-refractivity contribution in [3.8, 4) is 0 Å². The van der Waals surface area contributed by atoms with Gasteiger partial charge in [0.25, 0.3) is 0 Å². The maximum Gasteiger partial charge on any atom is 0.124 e. The molecule has 2 aromatic rings. The Morgan fingerprint density at radius 3 is 2.44 bits per heavy atom. The SMILES string of the molecule is Fc1cc(Br)cc(CNc2cc(Br)ccc2Br)c1. The molecule has 0 saturated carbocycles. The number of benzene rings is 2. The highest BCUT2D eigenvalue weighted by molar-refractivity contribution is 9.11. The molecule has 0 radical (unpaired) electrons. The van der Waals surface area contributed by atoms with Crippen LogP contribution in [0.1, 0.15) is 5.56 Å². The molecule has 0 saturated heterocycles. The third kappa shape index (κ3) is 3.80. The van der Waals surface area contributed by atoms with Crippen LogP contribution < -0.4 is 5.32 Å². The Bertz CT molecular complexity index is 552. The second kappa shape index (κ2) is 6.17. The molecule has 1 N–H and O–H groups in total. The lowest BCUT2D eigenvalue weighted by atomic mass is 10.2. The number of nitrogens with one attached hydrogen (secondary N) is 1. The highest BCUT2D eigenvalue weighted by Gasteiger charge is 2.02. The van der Waals surface area contributed by atoms with E-state index in [2.05, 4.69) is 53.1 Å². The summed E-state index contributed by atoms with van der Waals surface area (Å²) in [4.78, 5) is 0. The van der Waals surface area contributed by atoms with E-state index in [4.69, 9.17) is 0 Å². The molecule has 2 rings (SSSR count). The molecule has 0 spiro atoms. The van der Waals surface area contributed by atoms with Gasteiger partial charge in [0.1, 0.15) is 5.82 Å². The van der Waals surface area contributed by atoms with Crippen LogP contribution in [0.2, 0.25) is 0 Å². The third-order valence-electron chi connectivity index (χ3n) is 2.33. The van der Waals surface area contributed by atoms with Gasteiger partial charge in [0.05, 0.1) is 0 Å². The average Bonchev–Trinajstić information content (AvgIpc) is 2.29. The van der Waals surface area contributed by atoms with Crippen LogP contribution in [0.4, 0.5) is 10.1 Å². The smallest absolute Gasteiger partial charge is 0.124 e. The minimum atomic E-state index is -0.241. The topological polar surface area (TPSA) is 12.0 Å². The van der Waals surface area contributed by atoms with Gasteiger partial charge >= 0.3 is 0 Å². The van der Waals surface area contributed by atoms with E-state index >= 15 is 0 Å². The Morgan fingerprint density at radius 2 is 1.72 bits per heavy atom. The molecule has 0 heterocycles. The summed E-state index contributed by atoms with van der Waals surface area (Å²) in [6.07, 6.45) is 0. The lowest BCUT2D eigenvalue weighted by Gasteiger charge is -2.09. The minimum absolute atomic E-state index is 0.241. The van der Waals surface area contributed by atoms with E-state index in [-0.39, 0.29) is 5.82 Å². The molecule has 1 nitrogen and oxygen atoms in total. The molecule has 18 heavy (non-hydrogen) atoms. The van der Waals surface area contributed by atoms with Crippen molar-refractivity contribution in [2.75, 3.05) is 5.32 Å². The van der Waals surface area contributed by atoms with Gasteiger partial charge in [-0.25, -0.2) is 4.39 Å². The van der Waals surface area contributed by atoms with E-state index in [1.165, 1.54) is 12.1 Å². The summed E-state index contributed by atoms with van der Waals surface area (Å²) in [6.45, 7) is 0.561. The molecule has 0 fully saturated rings. The standard InChI is InChI=1S/C13H9Br3FN/c14-9-1-2-12(16)13(6-9)18-7-8-3-10(15)5-11(17)4-8/h1-6,18H,7H2. The summed E-state index contributed by atoms with van der Waals surface area (Å²) in [5, 5.41) is 3.26. The molecule has 0 aliphatic rings. The van der Waals surface area contributed by atoms with Crippen LogP contribution >= 0.6 is 47.8 Å². The molecule has 0 atom stereocenters. The fraction of sp³-hybridized carbons (Fsp3) is 0.0769. The summed E-state index contributed by atoms with van der Waals surface area (Å²) in [6, 6.07) is 10.7. The normalized spacial score (nSPS) is 10.4. The summed E-state index contributed by atoms with van der Waals surface area (Å²) >= 11 is 10.2. The molecular weight excluding hydrogens is 429 g/mol. The average molecular weight is 438 g/mol. The monoisotopic (exact) mass is 435 g/mol. The van der Waals surface area contributed by atoms with Crippen molar-refractivity contribution in [3.63, 3.8) is 0 Å². The second-order valence-corrected chi connectivity index (χ2v) is 6.44. The molecule has 0 unspecified atom stereocenters. The Kier molecular flexibility index (Phi) is 4.81. The van der Waals surface area contributed by atoms with Crippen molar-refractivity contribution >= 4 is 53.5 Å². The first-order valence-electron chi connectivity index (χ1n) is 5.18. The summed E-state index contributed by atoms with van der Waals surface area (Å²) in [5.41, 5.74) is 1.85. The molecular formula is C13H9Br3FN. The molecule has 2 aromatic carbocycles. The number of hydrogen-bond donors (Lipinski definition) is 1. The van der Waals surface area contributed by atoms with Crippen molar-refractivity contribution in [2.24, 2.45) is 0 Å². The van der Waals surface area contributed by atoms with Gasteiger partial charge in [0.2, 0.25) is 0 Å². The van der Waals surface area contributed by atoms with E-state index in [0.29, 0.717) is 6.54 Å². The number of rotatable bonds is 3. The number of halogens is 4. The first kappa shape index (κ1) is 14.0. The molecule has 0 amide bonds. The lowest BCUT2D eigenvalue weighted by Crippen LogP contribution is -2.00. The zero-order valence-electron chi connectivity index (χ0n) is 9.18. The largest absolute Gasteiger partial charge is 0.380 e. The highest BCUT2D eigenvalue weighted by Crippen LogP contribution is 2.27. The molecule has 0 aliphatic heterocycles. The van der Waals surface area contributed by atoms with Crippen LogP contribution in [0.25, 0.3) is 0 Å². The van der Waals surface area contributed by atoms with E-state index < -0.39 is 0 Å². The summed E-state index contributed by atoms with van der Waals surface area (Å²) in [5.74, 6) is -0.241. The van der Waals surface area contributed by atoms with Crippen LogP contribution in [0, 0.1) is 5.82 Å². The van der Waals surface area contributed by atoms with Crippen LogP contribution in [-0.2, 0) is 6.54 Å². The van der Waals surface area contributed by atoms with Gasteiger partial charge in [-0.2, -0.15) is 0 Å². The number of hydrogen-bond acceptors (Lipinski definition) is 1. The zero-order valence-corrected chi connectivity index (χ0v) is 13.9. The van der Waals surface area contributed by atoms with Crippen molar-refractivity contribution in [3.05, 3.63) is 61.2 Å². The quantitative estimate of drug-likeness (QED) is 0.647. The van der Waals surface area contributed by atoms with Crippen molar-refractivity contribution in [1.82, 2.24) is 0 Å². The van der Waals surface area contributed by atoms with E-state index in [0.717, 1.165) is 24.7 Å². The van der Waals surface area contributed by atoms with Crippen molar-refractivity contribution in [1.29, 1.82) is 0 Å².